The summed E-state index contributed by atoms with van der Waals surface area (Å²) in [5.74, 6) is 0.103. The summed E-state index contributed by atoms with van der Waals surface area (Å²) in [6.45, 7) is 22.3. The maximum Gasteiger partial charge on any atom is 0.295 e. The molecule has 0 aromatic rings. The molecular weight excluding hydrogens is 332 g/mol. The monoisotopic (exact) mass is 372 g/mol. The van der Waals surface area contributed by atoms with Crippen LogP contribution in [0.4, 0.5) is 0 Å². The Labute approximate surface area is 152 Å². The number of carbonyl (C=O) groups is 1. The van der Waals surface area contributed by atoms with Crippen molar-refractivity contribution in [2.24, 2.45) is 5.92 Å². The van der Waals surface area contributed by atoms with Crippen LogP contribution in [0.25, 0.3) is 0 Å². The lowest BCUT2D eigenvalue weighted by Crippen LogP contribution is -2.46. The summed E-state index contributed by atoms with van der Waals surface area (Å²) < 4.78 is 12.5. The fourth-order valence-electron chi connectivity index (χ4n) is 2.50. The maximum atomic E-state index is 12.6. The molecule has 1 saturated carbocycles. The van der Waals surface area contributed by atoms with Crippen LogP contribution in [0.3, 0.4) is 0 Å². The Balaban J connectivity index is 2.56. The topological polar surface area (TPSA) is 35.5 Å². The van der Waals surface area contributed by atoms with E-state index in [0.717, 1.165) is 25.7 Å². The highest BCUT2D eigenvalue weighted by Gasteiger charge is 2.43. The van der Waals surface area contributed by atoms with Crippen molar-refractivity contribution in [2.45, 2.75) is 110 Å². The second-order valence-electron chi connectivity index (χ2n) is 10.5. The van der Waals surface area contributed by atoms with Crippen LogP contribution in [0.15, 0.2) is 0 Å². The first-order valence-electron chi connectivity index (χ1n) is 9.47. The molecule has 3 nitrogen and oxygen atoms in total. The van der Waals surface area contributed by atoms with Gasteiger partial charge in [0.25, 0.3) is 14.3 Å². The van der Waals surface area contributed by atoms with Gasteiger partial charge in [0.1, 0.15) is 0 Å². The lowest BCUT2D eigenvalue weighted by atomic mass is 9.88. The normalized spacial score (nSPS) is 23.9. The van der Waals surface area contributed by atoms with Gasteiger partial charge in [-0.05, 0) is 61.9 Å². The molecule has 0 amide bonds. The first-order valence-corrected chi connectivity index (χ1v) is 15.3. The highest BCUT2D eigenvalue weighted by Crippen LogP contribution is 2.41. The van der Waals surface area contributed by atoms with Gasteiger partial charge in [0.2, 0.25) is 0 Å². The molecule has 0 atom stereocenters. The molecule has 1 aliphatic carbocycles. The van der Waals surface area contributed by atoms with Crippen LogP contribution < -0.4 is 0 Å². The smallest absolute Gasteiger partial charge is 0.295 e. The van der Waals surface area contributed by atoms with E-state index in [9.17, 15) is 4.79 Å². The summed E-state index contributed by atoms with van der Waals surface area (Å²) in [5.41, 5.74) is 0. The van der Waals surface area contributed by atoms with E-state index in [-0.39, 0.29) is 22.0 Å². The van der Waals surface area contributed by atoms with Crippen molar-refractivity contribution in [3.8, 4) is 0 Å². The molecule has 0 saturated heterocycles. The summed E-state index contributed by atoms with van der Waals surface area (Å²) in [5, 5.41) is 0.316. The summed E-state index contributed by atoms with van der Waals surface area (Å²) in [6.07, 6.45) is 4.12. The van der Waals surface area contributed by atoms with E-state index < -0.39 is 16.6 Å². The predicted octanol–water partition coefficient (Wildman–Crippen LogP) is 6.12. The Bertz CT molecular complexity index is 437. The molecule has 0 heterocycles. The summed E-state index contributed by atoms with van der Waals surface area (Å²) in [7, 11) is -3.72. The number of hydrogen-bond acceptors (Lipinski definition) is 3. The SMILES string of the molecule is CC(C)(C)[Si](C)(C)OC(=O)C1CCC(O[Si](C)(C)C(C)(C)C)CC1. The van der Waals surface area contributed by atoms with Gasteiger partial charge in [-0.25, -0.2) is 0 Å². The fourth-order valence-corrected chi connectivity index (χ4v) is 4.90. The molecule has 1 rings (SSSR count). The quantitative estimate of drug-likeness (QED) is 0.558. The zero-order valence-corrected chi connectivity index (χ0v) is 19.7. The molecule has 5 heteroatoms. The van der Waals surface area contributed by atoms with Gasteiger partial charge < -0.3 is 8.85 Å². The number of hydrogen-bond donors (Lipinski definition) is 0. The molecule has 0 aromatic carbocycles. The molecule has 1 fully saturated rings. The molecule has 0 bridgehead atoms. The summed E-state index contributed by atoms with van der Waals surface area (Å²) in [4.78, 5) is 12.6. The molecule has 0 unspecified atom stereocenters. The van der Waals surface area contributed by atoms with Crippen molar-refractivity contribution in [3.05, 3.63) is 0 Å². The molecule has 1 aliphatic rings. The molecule has 0 radical (unpaired) electrons. The molecule has 0 N–H and O–H groups in total. The zero-order chi connectivity index (χ0) is 19.0. The Kier molecular flexibility index (Phi) is 6.60. The third kappa shape index (κ3) is 5.43. The Morgan fingerprint density at radius 2 is 1.21 bits per heavy atom. The average molecular weight is 373 g/mol. The Hall–Kier alpha value is -0.136. The van der Waals surface area contributed by atoms with Crippen molar-refractivity contribution in [3.63, 3.8) is 0 Å². The van der Waals surface area contributed by atoms with Crippen LogP contribution in [0.1, 0.15) is 67.2 Å². The number of rotatable bonds is 4. The Morgan fingerprint density at radius 1 is 0.792 bits per heavy atom. The molecule has 142 valence electrons. The lowest BCUT2D eigenvalue weighted by molar-refractivity contribution is -0.141. The molecule has 0 spiro atoms. The van der Waals surface area contributed by atoms with E-state index >= 15 is 0 Å². The van der Waals surface area contributed by atoms with Crippen LogP contribution in [0.2, 0.25) is 36.3 Å². The molecule has 0 aromatic heterocycles. The average Bonchev–Trinajstić information content (AvgIpc) is 2.35. The standard InChI is InChI=1S/C19H40O3Si2/c1-18(2,3)23(7,8)21-16-13-11-15(12-14-16)17(20)22-24(9,10)19(4,5)6/h15-16H,11-14H2,1-10H3. The van der Waals surface area contributed by atoms with Gasteiger partial charge in [-0.3, -0.25) is 4.79 Å². The zero-order valence-electron chi connectivity index (χ0n) is 17.7. The van der Waals surface area contributed by atoms with E-state index in [0.29, 0.717) is 6.10 Å². The van der Waals surface area contributed by atoms with Gasteiger partial charge in [-0.1, -0.05) is 41.5 Å². The number of carbonyl (C=O) groups excluding carboxylic acids is 1. The predicted molar refractivity (Wildman–Crippen MR) is 107 cm³/mol. The van der Waals surface area contributed by atoms with E-state index in [2.05, 4.69) is 67.7 Å². The van der Waals surface area contributed by atoms with Crippen LogP contribution in [-0.4, -0.2) is 28.7 Å². The minimum atomic E-state index is -2.01. The van der Waals surface area contributed by atoms with Crippen molar-refractivity contribution in [2.75, 3.05) is 0 Å². The van der Waals surface area contributed by atoms with Gasteiger partial charge in [0, 0.05) is 6.10 Å². The van der Waals surface area contributed by atoms with Crippen LogP contribution in [-0.2, 0) is 13.6 Å². The Morgan fingerprint density at radius 3 is 1.58 bits per heavy atom. The van der Waals surface area contributed by atoms with Gasteiger partial charge >= 0.3 is 0 Å². The second-order valence-corrected chi connectivity index (χ2v) is 20.0. The van der Waals surface area contributed by atoms with Gasteiger partial charge in [-0.2, -0.15) is 0 Å². The molecular formula is C19H40O3Si2. The van der Waals surface area contributed by atoms with Crippen molar-refractivity contribution in [1.29, 1.82) is 0 Å². The maximum absolute atomic E-state index is 12.6. The van der Waals surface area contributed by atoms with Gasteiger partial charge in [-0.15, -0.1) is 0 Å². The van der Waals surface area contributed by atoms with Crippen molar-refractivity contribution < 1.29 is 13.6 Å². The van der Waals surface area contributed by atoms with E-state index in [1.807, 2.05) is 0 Å². The lowest BCUT2D eigenvalue weighted by Gasteiger charge is -2.41. The van der Waals surface area contributed by atoms with E-state index in [4.69, 9.17) is 8.85 Å². The van der Waals surface area contributed by atoms with Crippen molar-refractivity contribution >= 4 is 22.6 Å². The molecule has 24 heavy (non-hydrogen) atoms. The van der Waals surface area contributed by atoms with E-state index in [1.54, 1.807) is 0 Å². The third-order valence-corrected chi connectivity index (χ3v) is 15.3. The van der Waals surface area contributed by atoms with Crippen LogP contribution in [0.5, 0.6) is 0 Å². The van der Waals surface area contributed by atoms with Crippen molar-refractivity contribution in [1.82, 2.24) is 0 Å². The first-order chi connectivity index (χ1) is 10.6. The summed E-state index contributed by atoms with van der Waals surface area (Å²) in [6, 6.07) is 0. The van der Waals surface area contributed by atoms with Crippen LogP contribution >= 0.6 is 0 Å². The minimum Gasteiger partial charge on any atom is -0.519 e. The van der Waals surface area contributed by atoms with Gasteiger partial charge in [0.15, 0.2) is 8.32 Å². The minimum absolute atomic E-state index is 0.0346. The highest BCUT2D eigenvalue weighted by atomic mass is 28.4. The van der Waals surface area contributed by atoms with Crippen LogP contribution in [0, 0.1) is 5.92 Å². The third-order valence-electron chi connectivity index (χ3n) is 6.44. The second kappa shape index (κ2) is 7.24. The largest absolute Gasteiger partial charge is 0.519 e. The molecule has 0 aliphatic heterocycles. The highest BCUT2D eigenvalue weighted by molar-refractivity contribution is 6.75. The van der Waals surface area contributed by atoms with Gasteiger partial charge in [0.05, 0.1) is 5.92 Å². The summed E-state index contributed by atoms with van der Waals surface area (Å²) >= 11 is 0. The van der Waals surface area contributed by atoms with E-state index in [1.165, 1.54) is 0 Å². The first kappa shape index (κ1) is 21.9. The fraction of sp³-hybridized carbons (Fsp3) is 0.947.